The van der Waals surface area contributed by atoms with Crippen molar-refractivity contribution in [2.24, 2.45) is 0 Å². The summed E-state index contributed by atoms with van der Waals surface area (Å²) in [4.78, 5) is 16.2. The monoisotopic (exact) mass is 320 g/mol. The fraction of sp³-hybridized carbons (Fsp3) is 0.429. The Labute approximate surface area is 123 Å². The zero-order chi connectivity index (χ0) is 16.3. The van der Waals surface area contributed by atoms with Gasteiger partial charge in [-0.2, -0.15) is 17.6 Å². The molecule has 120 valence electrons. The molecule has 2 heterocycles. The van der Waals surface area contributed by atoms with Crippen LogP contribution in [0.4, 0.5) is 22.0 Å². The van der Waals surface area contributed by atoms with E-state index in [1.54, 1.807) is 6.08 Å². The smallest absolute Gasteiger partial charge is 0.339 e. The molecule has 0 saturated heterocycles. The Morgan fingerprint density at radius 1 is 1.32 bits per heavy atom. The summed E-state index contributed by atoms with van der Waals surface area (Å²) in [5.74, 6) is -2.83. The number of aromatic nitrogens is 1. The number of hydrogen-bond donors (Lipinski definition) is 0. The van der Waals surface area contributed by atoms with Crippen molar-refractivity contribution in [1.29, 1.82) is 0 Å². The predicted molar refractivity (Wildman–Crippen MR) is 68.6 cm³/mol. The van der Waals surface area contributed by atoms with Gasteiger partial charge in [-0.3, -0.25) is 4.79 Å². The van der Waals surface area contributed by atoms with Gasteiger partial charge in [0.25, 0.3) is 0 Å². The summed E-state index contributed by atoms with van der Waals surface area (Å²) in [6.45, 7) is 0.381. The van der Waals surface area contributed by atoms with Gasteiger partial charge in [0.05, 0.1) is 6.42 Å². The summed E-state index contributed by atoms with van der Waals surface area (Å²) >= 11 is 0. The van der Waals surface area contributed by atoms with Crippen LogP contribution in [0, 0.1) is 11.8 Å². The lowest BCUT2D eigenvalue weighted by atomic mass is 10.0. The topological polar surface area (TPSA) is 33.2 Å². The molecule has 0 radical (unpaired) electrons. The molecule has 0 unspecified atom stereocenters. The second kappa shape index (κ2) is 6.41. The van der Waals surface area contributed by atoms with Gasteiger partial charge in [0.2, 0.25) is 11.9 Å². The van der Waals surface area contributed by atoms with Gasteiger partial charge < -0.3 is 4.90 Å². The maximum atomic E-state index is 13.1. The Bertz CT molecular complexity index is 597. The molecular weight excluding hydrogens is 307 g/mol. The third-order valence-electron chi connectivity index (χ3n) is 3.35. The lowest BCUT2D eigenvalue weighted by molar-refractivity contribution is -0.148. The van der Waals surface area contributed by atoms with Crippen molar-refractivity contribution < 1.29 is 26.7 Å². The minimum Gasteiger partial charge on any atom is -0.339 e. The maximum Gasteiger partial charge on any atom is 0.389 e. The molecule has 2 rings (SSSR count). The standard InChI is InChI=1S/C14H13F5N2O/c15-11-7-10(8-20-13(11)16)9-2-5-21(6-3-9)12(22)1-4-14(17,18)19/h2,7-8H,1,3-6H2. The van der Waals surface area contributed by atoms with Crippen LogP contribution in [-0.4, -0.2) is 35.1 Å². The molecule has 8 heteroatoms. The number of carbonyl (C=O) groups is 1. The molecule has 0 aromatic carbocycles. The van der Waals surface area contributed by atoms with E-state index in [0.717, 1.165) is 6.07 Å². The van der Waals surface area contributed by atoms with Crippen molar-refractivity contribution in [3.63, 3.8) is 0 Å². The highest BCUT2D eigenvalue weighted by Gasteiger charge is 2.29. The molecule has 0 aliphatic carbocycles. The number of amides is 1. The Morgan fingerprint density at radius 3 is 2.59 bits per heavy atom. The fourth-order valence-corrected chi connectivity index (χ4v) is 2.16. The van der Waals surface area contributed by atoms with Gasteiger partial charge in [0, 0.05) is 25.7 Å². The van der Waals surface area contributed by atoms with Crippen LogP contribution in [0.3, 0.4) is 0 Å². The molecule has 0 fully saturated rings. The Hall–Kier alpha value is -1.99. The van der Waals surface area contributed by atoms with Crippen molar-refractivity contribution in [2.45, 2.75) is 25.4 Å². The van der Waals surface area contributed by atoms with Gasteiger partial charge in [0.15, 0.2) is 5.82 Å². The summed E-state index contributed by atoms with van der Waals surface area (Å²) < 4.78 is 62.1. The molecule has 1 aromatic rings. The van der Waals surface area contributed by atoms with E-state index in [2.05, 4.69) is 4.98 Å². The molecular formula is C14H13F5N2O. The molecule has 0 spiro atoms. The van der Waals surface area contributed by atoms with Gasteiger partial charge in [-0.05, 0) is 23.6 Å². The van der Waals surface area contributed by atoms with Crippen LogP contribution >= 0.6 is 0 Å². The first-order valence-electron chi connectivity index (χ1n) is 6.61. The SMILES string of the molecule is O=C(CCC(F)(F)F)N1CC=C(c2cnc(F)c(F)c2)CC1. The Kier molecular flexibility index (Phi) is 4.77. The van der Waals surface area contributed by atoms with Crippen molar-refractivity contribution in [3.8, 4) is 0 Å². The third kappa shape index (κ3) is 4.25. The van der Waals surface area contributed by atoms with Crippen LogP contribution in [-0.2, 0) is 4.79 Å². The molecule has 22 heavy (non-hydrogen) atoms. The summed E-state index contributed by atoms with van der Waals surface area (Å²) in [5.41, 5.74) is 1.09. The lowest BCUT2D eigenvalue weighted by Gasteiger charge is -2.26. The number of hydrogen-bond acceptors (Lipinski definition) is 2. The van der Waals surface area contributed by atoms with Crippen LogP contribution in [0.5, 0.6) is 0 Å². The van der Waals surface area contributed by atoms with E-state index in [0.29, 0.717) is 17.6 Å². The Balaban J connectivity index is 1.97. The van der Waals surface area contributed by atoms with Crippen LogP contribution < -0.4 is 0 Å². The first-order chi connectivity index (χ1) is 10.3. The van der Waals surface area contributed by atoms with E-state index in [-0.39, 0.29) is 13.1 Å². The quantitative estimate of drug-likeness (QED) is 0.632. The number of halogens is 5. The molecule has 0 saturated carbocycles. The van der Waals surface area contributed by atoms with Crippen molar-refractivity contribution in [2.75, 3.05) is 13.1 Å². The summed E-state index contributed by atoms with van der Waals surface area (Å²) in [6.07, 6.45) is -2.94. The van der Waals surface area contributed by atoms with E-state index < -0.39 is 36.7 Å². The normalized spacial score (nSPS) is 15.7. The number of alkyl halides is 3. The zero-order valence-corrected chi connectivity index (χ0v) is 11.5. The number of pyridine rings is 1. The van der Waals surface area contributed by atoms with E-state index in [9.17, 15) is 26.7 Å². The second-order valence-electron chi connectivity index (χ2n) is 4.93. The van der Waals surface area contributed by atoms with E-state index in [1.807, 2.05) is 0 Å². The van der Waals surface area contributed by atoms with E-state index >= 15 is 0 Å². The summed E-state index contributed by atoms with van der Waals surface area (Å²) in [6, 6.07) is 1.01. The highest BCUT2D eigenvalue weighted by atomic mass is 19.4. The Morgan fingerprint density at radius 2 is 2.05 bits per heavy atom. The van der Waals surface area contributed by atoms with Gasteiger partial charge in [-0.15, -0.1) is 0 Å². The highest BCUT2D eigenvalue weighted by molar-refractivity contribution is 5.78. The first-order valence-corrected chi connectivity index (χ1v) is 6.61. The minimum absolute atomic E-state index is 0.144. The van der Waals surface area contributed by atoms with Crippen LogP contribution in [0.25, 0.3) is 5.57 Å². The van der Waals surface area contributed by atoms with Crippen molar-refractivity contribution in [1.82, 2.24) is 9.88 Å². The molecule has 1 aliphatic heterocycles. The molecule has 0 atom stereocenters. The van der Waals surface area contributed by atoms with E-state index in [1.165, 1.54) is 11.1 Å². The number of nitrogens with zero attached hydrogens (tertiary/aromatic N) is 2. The van der Waals surface area contributed by atoms with Gasteiger partial charge in [-0.25, -0.2) is 9.37 Å². The molecule has 0 N–H and O–H groups in total. The second-order valence-corrected chi connectivity index (χ2v) is 4.93. The number of carbonyl (C=O) groups excluding carboxylic acids is 1. The lowest BCUT2D eigenvalue weighted by Crippen LogP contribution is -2.35. The van der Waals surface area contributed by atoms with Crippen LogP contribution in [0.2, 0.25) is 0 Å². The predicted octanol–water partition coefficient (Wildman–Crippen LogP) is 3.32. The minimum atomic E-state index is -4.36. The average Bonchev–Trinajstić information content (AvgIpc) is 2.47. The van der Waals surface area contributed by atoms with E-state index in [4.69, 9.17) is 0 Å². The van der Waals surface area contributed by atoms with Crippen molar-refractivity contribution in [3.05, 3.63) is 35.7 Å². The highest BCUT2D eigenvalue weighted by Crippen LogP contribution is 2.25. The molecule has 1 amide bonds. The first kappa shape index (κ1) is 16.4. The van der Waals surface area contributed by atoms with Gasteiger partial charge >= 0.3 is 6.18 Å². The summed E-state index contributed by atoms with van der Waals surface area (Å²) in [7, 11) is 0. The molecule has 3 nitrogen and oxygen atoms in total. The number of rotatable bonds is 3. The summed E-state index contributed by atoms with van der Waals surface area (Å²) in [5, 5.41) is 0. The maximum absolute atomic E-state index is 13.1. The third-order valence-corrected chi connectivity index (χ3v) is 3.35. The molecule has 0 bridgehead atoms. The molecule has 1 aliphatic rings. The van der Waals surface area contributed by atoms with Crippen LogP contribution in [0.1, 0.15) is 24.8 Å². The van der Waals surface area contributed by atoms with Crippen molar-refractivity contribution >= 4 is 11.5 Å². The van der Waals surface area contributed by atoms with Gasteiger partial charge in [0.1, 0.15) is 0 Å². The fourth-order valence-electron chi connectivity index (χ4n) is 2.16. The zero-order valence-electron chi connectivity index (χ0n) is 11.5. The van der Waals surface area contributed by atoms with Crippen LogP contribution in [0.15, 0.2) is 18.3 Å². The van der Waals surface area contributed by atoms with Gasteiger partial charge in [-0.1, -0.05) is 6.08 Å². The average molecular weight is 320 g/mol. The largest absolute Gasteiger partial charge is 0.389 e. The molecule has 1 aromatic heterocycles.